The van der Waals surface area contributed by atoms with E-state index >= 15 is 0 Å². The maximum atomic E-state index is 13.9. The molecule has 2 aliphatic heterocycles. The van der Waals surface area contributed by atoms with Gasteiger partial charge in [0.1, 0.15) is 17.3 Å². The quantitative estimate of drug-likeness (QED) is 0.828. The number of urea groups is 1. The first-order chi connectivity index (χ1) is 14.0. The minimum Gasteiger partial charge on any atom is -0.508 e. The minimum atomic E-state index is -0.471. The first kappa shape index (κ1) is 19.2. The molecule has 0 aliphatic carbocycles. The number of hydrazone groups is 1. The lowest BCUT2D eigenvalue weighted by atomic mass is 9.86. The Morgan fingerprint density at radius 3 is 2.97 bits per heavy atom. The van der Waals surface area contributed by atoms with Gasteiger partial charge in [0.25, 0.3) is 0 Å². The normalized spacial score (nSPS) is 19.8. The summed E-state index contributed by atoms with van der Waals surface area (Å²) in [6.45, 7) is 1.27. The summed E-state index contributed by atoms with van der Waals surface area (Å²) in [6.07, 6.45) is 0.671. The van der Waals surface area contributed by atoms with Crippen LogP contribution in [0.15, 0.2) is 47.6 Å². The molecule has 2 aromatic rings. The molecule has 2 atom stereocenters. The number of fused-ring (bicyclic) bond motifs is 3. The van der Waals surface area contributed by atoms with Crippen LogP contribution in [0.3, 0.4) is 0 Å². The number of carbonyl (C=O) groups is 1. The van der Waals surface area contributed by atoms with Crippen LogP contribution in [0.25, 0.3) is 0 Å². The average molecular weight is 398 g/mol. The predicted molar refractivity (Wildman–Crippen MR) is 106 cm³/mol. The SMILES string of the molecule is CN(CCCN)C(=O)N1N=C2c3cc(F)ccc3OC[C@H]2[C@H]1c1cccc(O)c1. The van der Waals surface area contributed by atoms with Crippen molar-refractivity contribution in [2.24, 2.45) is 16.8 Å². The van der Waals surface area contributed by atoms with Crippen LogP contribution in [-0.2, 0) is 0 Å². The zero-order valence-corrected chi connectivity index (χ0v) is 16.1. The summed E-state index contributed by atoms with van der Waals surface area (Å²) in [6, 6.07) is 10.3. The molecule has 0 spiro atoms. The van der Waals surface area contributed by atoms with Crippen molar-refractivity contribution in [1.82, 2.24) is 9.91 Å². The molecule has 152 valence electrons. The number of ether oxygens (including phenoxy) is 1. The molecule has 0 unspecified atom stereocenters. The lowest BCUT2D eigenvalue weighted by Gasteiger charge is -2.31. The van der Waals surface area contributed by atoms with E-state index in [1.165, 1.54) is 17.1 Å². The number of nitrogens with zero attached hydrogens (tertiary/aromatic N) is 3. The highest BCUT2D eigenvalue weighted by molar-refractivity contribution is 6.07. The molecule has 0 saturated heterocycles. The molecule has 4 rings (SSSR count). The number of carbonyl (C=O) groups excluding carboxylic acids is 1. The zero-order valence-electron chi connectivity index (χ0n) is 16.1. The third kappa shape index (κ3) is 3.51. The number of benzene rings is 2. The third-order valence-electron chi connectivity index (χ3n) is 5.28. The van der Waals surface area contributed by atoms with Crippen LogP contribution < -0.4 is 10.5 Å². The first-order valence-electron chi connectivity index (χ1n) is 9.54. The first-order valence-corrected chi connectivity index (χ1v) is 9.54. The number of nitrogens with two attached hydrogens (primary N) is 1. The van der Waals surface area contributed by atoms with Gasteiger partial charge in [-0.05, 0) is 48.9 Å². The molecule has 2 heterocycles. The molecule has 29 heavy (non-hydrogen) atoms. The summed E-state index contributed by atoms with van der Waals surface area (Å²) in [5.41, 5.74) is 7.46. The van der Waals surface area contributed by atoms with Crippen molar-refractivity contribution in [3.63, 3.8) is 0 Å². The van der Waals surface area contributed by atoms with E-state index in [2.05, 4.69) is 5.10 Å². The van der Waals surface area contributed by atoms with Crippen LogP contribution in [0.1, 0.15) is 23.6 Å². The number of rotatable bonds is 4. The molecular formula is C21H23FN4O3. The number of phenolic OH excluding ortho intramolecular Hbond substituents is 1. The van der Waals surface area contributed by atoms with Gasteiger partial charge in [-0.3, -0.25) is 0 Å². The number of hydrogen-bond donors (Lipinski definition) is 2. The Labute approximate surface area is 168 Å². The monoisotopic (exact) mass is 398 g/mol. The molecule has 0 fully saturated rings. The van der Waals surface area contributed by atoms with E-state index in [1.807, 2.05) is 6.07 Å². The van der Waals surface area contributed by atoms with Crippen molar-refractivity contribution in [3.05, 3.63) is 59.4 Å². The lowest BCUT2D eigenvalue weighted by Crippen LogP contribution is -2.41. The second kappa shape index (κ2) is 7.71. The predicted octanol–water partition coefficient (Wildman–Crippen LogP) is 2.70. The van der Waals surface area contributed by atoms with Gasteiger partial charge >= 0.3 is 6.03 Å². The summed E-state index contributed by atoms with van der Waals surface area (Å²) < 4.78 is 19.8. The van der Waals surface area contributed by atoms with Crippen molar-refractivity contribution in [3.8, 4) is 11.5 Å². The van der Waals surface area contributed by atoms with E-state index in [4.69, 9.17) is 10.5 Å². The Hall–Kier alpha value is -3.13. The molecule has 0 saturated carbocycles. The maximum absolute atomic E-state index is 13.9. The van der Waals surface area contributed by atoms with E-state index in [0.29, 0.717) is 43.1 Å². The fourth-order valence-corrected chi connectivity index (χ4v) is 3.85. The third-order valence-corrected chi connectivity index (χ3v) is 5.28. The summed E-state index contributed by atoms with van der Waals surface area (Å²) in [7, 11) is 1.70. The summed E-state index contributed by atoms with van der Waals surface area (Å²) in [4.78, 5) is 14.7. The highest BCUT2D eigenvalue weighted by Crippen LogP contribution is 2.43. The van der Waals surface area contributed by atoms with Crippen molar-refractivity contribution in [2.75, 3.05) is 26.7 Å². The van der Waals surface area contributed by atoms with Crippen LogP contribution in [0.4, 0.5) is 9.18 Å². The Balaban J connectivity index is 1.76. The Bertz CT molecular complexity index is 965. The van der Waals surface area contributed by atoms with Crippen LogP contribution in [0, 0.1) is 11.7 Å². The molecule has 2 amide bonds. The number of halogens is 1. The fourth-order valence-electron chi connectivity index (χ4n) is 3.85. The van der Waals surface area contributed by atoms with Crippen molar-refractivity contribution in [2.45, 2.75) is 12.5 Å². The van der Waals surface area contributed by atoms with Gasteiger partial charge in [-0.25, -0.2) is 14.2 Å². The lowest BCUT2D eigenvalue weighted by molar-refractivity contribution is 0.133. The Morgan fingerprint density at radius 1 is 1.38 bits per heavy atom. The van der Waals surface area contributed by atoms with Crippen LogP contribution in [0.2, 0.25) is 0 Å². The van der Waals surface area contributed by atoms with E-state index in [1.54, 1.807) is 36.2 Å². The zero-order chi connectivity index (χ0) is 20.5. The maximum Gasteiger partial charge on any atom is 0.340 e. The van der Waals surface area contributed by atoms with Crippen LogP contribution in [0.5, 0.6) is 11.5 Å². The molecule has 0 radical (unpaired) electrons. The number of phenols is 1. The smallest absolute Gasteiger partial charge is 0.340 e. The molecule has 7 nitrogen and oxygen atoms in total. The van der Waals surface area contributed by atoms with Gasteiger partial charge in [-0.1, -0.05) is 12.1 Å². The van der Waals surface area contributed by atoms with Gasteiger partial charge in [0, 0.05) is 19.2 Å². The van der Waals surface area contributed by atoms with Gasteiger partial charge in [0.15, 0.2) is 0 Å². The van der Waals surface area contributed by atoms with Gasteiger partial charge in [-0.2, -0.15) is 5.10 Å². The summed E-state index contributed by atoms with van der Waals surface area (Å²) in [5.74, 6) is -0.0303. The van der Waals surface area contributed by atoms with Gasteiger partial charge in [0.05, 0.1) is 24.3 Å². The molecular weight excluding hydrogens is 375 g/mol. The van der Waals surface area contributed by atoms with E-state index in [0.717, 1.165) is 5.56 Å². The highest BCUT2D eigenvalue weighted by Gasteiger charge is 2.45. The molecule has 2 aliphatic rings. The van der Waals surface area contributed by atoms with Gasteiger partial charge in [-0.15, -0.1) is 0 Å². The van der Waals surface area contributed by atoms with Crippen molar-refractivity contribution >= 4 is 11.7 Å². The fraction of sp³-hybridized carbons (Fsp3) is 0.333. The number of aromatic hydroxyl groups is 1. The molecule has 2 aromatic carbocycles. The average Bonchev–Trinajstić information content (AvgIpc) is 3.11. The molecule has 0 bridgehead atoms. The highest BCUT2D eigenvalue weighted by atomic mass is 19.1. The van der Waals surface area contributed by atoms with E-state index in [-0.39, 0.29) is 17.7 Å². The standard InChI is InChI=1S/C21H23FN4O3/c1-25(9-3-8-23)21(28)26-20(13-4-2-5-15(27)10-13)17-12-29-18-7-6-14(22)11-16(18)19(17)24-26/h2,4-7,10-11,17,20,27H,3,8-9,12,23H2,1H3/t17-,20-/m1/s1. The second-order valence-electron chi connectivity index (χ2n) is 7.27. The number of hydrogen-bond acceptors (Lipinski definition) is 5. The molecule has 3 N–H and O–H groups in total. The van der Waals surface area contributed by atoms with Crippen molar-refractivity contribution in [1.29, 1.82) is 0 Å². The van der Waals surface area contributed by atoms with Gasteiger partial charge in [0.2, 0.25) is 0 Å². The Morgan fingerprint density at radius 2 is 2.21 bits per heavy atom. The number of amides is 2. The minimum absolute atomic E-state index is 0.100. The largest absolute Gasteiger partial charge is 0.508 e. The second-order valence-corrected chi connectivity index (χ2v) is 7.27. The topological polar surface area (TPSA) is 91.4 Å². The van der Waals surface area contributed by atoms with Crippen LogP contribution in [-0.4, -0.2) is 53.5 Å². The van der Waals surface area contributed by atoms with Crippen molar-refractivity contribution < 1.29 is 19.0 Å². The van der Waals surface area contributed by atoms with E-state index < -0.39 is 11.9 Å². The van der Waals surface area contributed by atoms with Crippen LogP contribution >= 0.6 is 0 Å². The summed E-state index contributed by atoms with van der Waals surface area (Å²) >= 11 is 0. The summed E-state index contributed by atoms with van der Waals surface area (Å²) in [5, 5.41) is 16.0. The van der Waals surface area contributed by atoms with Gasteiger partial charge < -0.3 is 20.5 Å². The van der Waals surface area contributed by atoms with E-state index in [9.17, 15) is 14.3 Å². The Kier molecular flexibility index (Phi) is 5.10. The molecule has 0 aromatic heterocycles. The molecule has 8 heteroatoms.